The summed E-state index contributed by atoms with van der Waals surface area (Å²) in [6.07, 6.45) is 3.26. The Bertz CT molecular complexity index is 1030. The van der Waals surface area contributed by atoms with Crippen molar-refractivity contribution >= 4 is 29.0 Å². The summed E-state index contributed by atoms with van der Waals surface area (Å²) >= 11 is 0. The van der Waals surface area contributed by atoms with Crippen LogP contribution in [0.2, 0.25) is 0 Å². The third-order valence-electron chi connectivity index (χ3n) is 5.53. The predicted molar refractivity (Wildman–Crippen MR) is 128 cm³/mol. The first-order chi connectivity index (χ1) is 16.2. The maximum Gasteiger partial charge on any atom is 0.421 e. The lowest BCUT2D eigenvalue weighted by molar-refractivity contribution is -0.137. The topological polar surface area (TPSA) is 105 Å². The molecule has 0 bridgehead atoms. The molecule has 1 fully saturated rings. The number of alkyl halides is 3. The molecule has 5 N–H and O–H groups in total. The molecule has 0 radical (unpaired) electrons. The highest BCUT2D eigenvalue weighted by atomic mass is 19.4. The van der Waals surface area contributed by atoms with E-state index in [1.807, 2.05) is 6.07 Å². The van der Waals surface area contributed by atoms with Gasteiger partial charge >= 0.3 is 6.18 Å². The number of halogens is 3. The third kappa shape index (κ3) is 6.61. The summed E-state index contributed by atoms with van der Waals surface area (Å²) in [7, 11) is 0. The molecule has 1 aliphatic carbocycles. The zero-order valence-corrected chi connectivity index (χ0v) is 19.4. The minimum Gasteiger partial charge on any atom is -0.402 e. The number of nitrogens with two attached hydrogens (primary N) is 1. The summed E-state index contributed by atoms with van der Waals surface area (Å²) in [4.78, 5) is 19.3. The normalized spacial score (nSPS) is 15.9. The summed E-state index contributed by atoms with van der Waals surface area (Å²) < 4.78 is 40.2. The van der Waals surface area contributed by atoms with Crippen LogP contribution in [-0.2, 0) is 17.4 Å². The Hall–Kier alpha value is -3.30. The van der Waals surface area contributed by atoms with Gasteiger partial charge < -0.3 is 21.7 Å². The molecule has 7 nitrogen and oxygen atoms in total. The fourth-order valence-electron chi connectivity index (χ4n) is 3.55. The van der Waals surface area contributed by atoms with Crippen molar-refractivity contribution in [1.29, 1.82) is 0 Å². The number of allylic oxidation sites excluding steroid dienone is 1. The van der Waals surface area contributed by atoms with Crippen molar-refractivity contribution in [3.63, 3.8) is 0 Å². The van der Waals surface area contributed by atoms with Gasteiger partial charge in [-0.15, -0.1) is 0 Å². The minimum absolute atomic E-state index is 0.0336. The molecular weight excluding hydrogens is 445 g/mol. The van der Waals surface area contributed by atoms with Crippen LogP contribution in [-0.4, -0.2) is 22.4 Å². The van der Waals surface area contributed by atoms with Gasteiger partial charge in [-0.05, 0) is 55.0 Å². The van der Waals surface area contributed by atoms with E-state index < -0.39 is 11.7 Å². The van der Waals surface area contributed by atoms with Crippen LogP contribution in [0.1, 0.15) is 57.1 Å². The standard InChI is InChI=1S/C21H23F3N6O.C3H8/c22-21(23,24)15-11-27-20(30-19(15)26-9-8-16(25)12-2-1-3-12)28-14-5-6-17-13(10-14)4-7-18(31)29-17;1-3-2/h5-6,8,10-12H,1-4,7,9,25H2,(H,29,31)(H2,26,27,28,30);3H2,1-2H3/b16-8-;. The molecule has 2 heterocycles. The van der Waals surface area contributed by atoms with Crippen molar-refractivity contribution in [2.45, 2.75) is 58.5 Å². The number of nitrogens with one attached hydrogen (secondary N) is 3. The number of benzene rings is 1. The van der Waals surface area contributed by atoms with E-state index in [1.54, 1.807) is 18.2 Å². The number of hydrogen-bond donors (Lipinski definition) is 4. The van der Waals surface area contributed by atoms with Gasteiger partial charge in [-0.2, -0.15) is 18.2 Å². The first kappa shape index (κ1) is 25.3. The molecule has 2 aliphatic rings. The fraction of sp³-hybridized carbons (Fsp3) is 0.458. The second kappa shape index (κ2) is 11.2. The lowest BCUT2D eigenvalue weighted by Crippen LogP contribution is -2.21. The summed E-state index contributed by atoms with van der Waals surface area (Å²) in [6.45, 7) is 4.39. The molecule has 0 saturated heterocycles. The smallest absolute Gasteiger partial charge is 0.402 e. The number of rotatable bonds is 6. The van der Waals surface area contributed by atoms with Gasteiger partial charge in [0.2, 0.25) is 11.9 Å². The van der Waals surface area contributed by atoms with Crippen LogP contribution in [0.5, 0.6) is 0 Å². The number of carbonyl (C=O) groups is 1. The molecule has 10 heteroatoms. The molecular formula is C24H31F3N6O. The average Bonchev–Trinajstić information content (AvgIpc) is 2.72. The summed E-state index contributed by atoms with van der Waals surface area (Å²) in [6, 6.07) is 5.28. The summed E-state index contributed by atoms with van der Waals surface area (Å²) in [5, 5.41) is 8.44. The molecule has 0 atom stereocenters. The van der Waals surface area contributed by atoms with Crippen LogP contribution in [0.25, 0.3) is 0 Å². The lowest BCUT2D eigenvalue weighted by Gasteiger charge is -2.25. The van der Waals surface area contributed by atoms with Crippen molar-refractivity contribution in [3.05, 3.63) is 47.3 Å². The molecule has 0 spiro atoms. The van der Waals surface area contributed by atoms with E-state index in [0.29, 0.717) is 30.1 Å². The summed E-state index contributed by atoms with van der Waals surface area (Å²) in [5.41, 5.74) is 8.03. The maximum absolute atomic E-state index is 13.4. The highest BCUT2D eigenvalue weighted by Crippen LogP contribution is 2.35. The van der Waals surface area contributed by atoms with Crippen molar-refractivity contribution < 1.29 is 18.0 Å². The molecule has 34 heavy (non-hydrogen) atoms. The van der Waals surface area contributed by atoms with Crippen molar-refractivity contribution in [1.82, 2.24) is 9.97 Å². The minimum atomic E-state index is -4.59. The second-order valence-electron chi connectivity index (χ2n) is 8.42. The molecule has 184 valence electrons. The van der Waals surface area contributed by atoms with E-state index in [1.165, 1.54) is 6.42 Å². The maximum atomic E-state index is 13.4. The van der Waals surface area contributed by atoms with Crippen LogP contribution < -0.4 is 21.7 Å². The second-order valence-corrected chi connectivity index (χ2v) is 8.42. The number of nitrogens with zero attached hydrogens (tertiary/aromatic N) is 2. The first-order valence-corrected chi connectivity index (χ1v) is 11.5. The number of aryl methyl sites for hydroxylation is 1. The highest BCUT2D eigenvalue weighted by Gasteiger charge is 2.35. The Morgan fingerprint density at radius 3 is 2.65 bits per heavy atom. The van der Waals surface area contributed by atoms with E-state index >= 15 is 0 Å². The molecule has 2 aromatic rings. The van der Waals surface area contributed by atoms with Crippen molar-refractivity contribution in [2.24, 2.45) is 11.7 Å². The number of aromatic nitrogens is 2. The Morgan fingerprint density at radius 1 is 1.26 bits per heavy atom. The van der Waals surface area contributed by atoms with Gasteiger partial charge in [-0.3, -0.25) is 4.79 Å². The van der Waals surface area contributed by atoms with E-state index in [0.717, 1.165) is 36.7 Å². The van der Waals surface area contributed by atoms with Gasteiger partial charge in [0.15, 0.2) is 0 Å². The monoisotopic (exact) mass is 476 g/mol. The van der Waals surface area contributed by atoms with Gasteiger partial charge in [-0.25, -0.2) is 4.98 Å². The highest BCUT2D eigenvalue weighted by molar-refractivity contribution is 5.94. The van der Waals surface area contributed by atoms with Gasteiger partial charge in [0.05, 0.1) is 0 Å². The molecule has 4 rings (SSSR count). The van der Waals surface area contributed by atoms with E-state index in [-0.39, 0.29) is 24.2 Å². The van der Waals surface area contributed by atoms with Crippen LogP contribution in [0.4, 0.5) is 36.3 Å². The van der Waals surface area contributed by atoms with E-state index in [4.69, 9.17) is 5.73 Å². The quantitative estimate of drug-likeness (QED) is 0.433. The molecule has 1 aliphatic heterocycles. The predicted octanol–water partition coefficient (Wildman–Crippen LogP) is 5.59. The Kier molecular flexibility index (Phi) is 8.36. The Balaban J connectivity index is 0.00000103. The molecule has 1 aromatic heterocycles. The number of fused-ring (bicyclic) bond motifs is 1. The molecule has 1 aromatic carbocycles. The van der Waals surface area contributed by atoms with Crippen LogP contribution in [0.3, 0.4) is 0 Å². The SMILES string of the molecule is CCC.N/C(=C\CNc1nc(Nc2ccc3c(c2)CCC(=O)N3)ncc1C(F)(F)F)C1CCC1. The fourth-order valence-corrected chi connectivity index (χ4v) is 3.55. The van der Waals surface area contributed by atoms with Crippen molar-refractivity contribution in [3.8, 4) is 0 Å². The van der Waals surface area contributed by atoms with Gasteiger partial charge in [0.25, 0.3) is 0 Å². The molecule has 0 unspecified atom stereocenters. The Morgan fingerprint density at radius 2 is 2.00 bits per heavy atom. The number of amides is 1. The lowest BCUT2D eigenvalue weighted by atomic mass is 9.83. The molecule has 1 amide bonds. The zero-order valence-electron chi connectivity index (χ0n) is 19.4. The first-order valence-electron chi connectivity index (χ1n) is 11.5. The summed E-state index contributed by atoms with van der Waals surface area (Å²) in [5.74, 6) is 0.00132. The number of hydrogen-bond acceptors (Lipinski definition) is 6. The number of anilines is 4. The Labute approximate surface area is 197 Å². The van der Waals surface area contributed by atoms with Gasteiger partial charge in [0.1, 0.15) is 11.4 Å². The van der Waals surface area contributed by atoms with Crippen LogP contribution in [0, 0.1) is 5.92 Å². The van der Waals surface area contributed by atoms with Crippen molar-refractivity contribution in [2.75, 3.05) is 22.5 Å². The van der Waals surface area contributed by atoms with Gasteiger partial charge in [0, 0.05) is 36.2 Å². The van der Waals surface area contributed by atoms with E-state index in [2.05, 4.69) is 39.8 Å². The van der Waals surface area contributed by atoms with Crippen LogP contribution in [0.15, 0.2) is 36.2 Å². The van der Waals surface area contributed by atoms with Gasteiger partial charge in [-0.1, -0.05) is 26.7 Å². The largest absolute Gasteiger partial charge is 0.421 e. The third-order valence-corrected chi connectivity index (χ3v) is 5.53. The van der Waals surface area contributed by atoms with E-state index in [9.17, 15) is 18.0 Å². The zero-order chi connectivity index (χ0) is 24.7. The molecule has 1 saturated carbocycles. The number of carbonyl (C=O) groups excluding carboxylic acids is 1. The average molecular weight is 477 g/mol. The van der Waals surface area contributed by atoms with Crippen LogP contribution >= 0.6 is 0 Å².